The van der Waals surface area contributed by atoms with E-state index in [-0.39, 0.29) is 24.1 Å². The van der Waals surface area contributed by atoms with Gasteiger partial charge in [0.2, 0.25) is 5.91 Å². The third kappa shape index (κ3) is 3.93. The number of carbonyl (C=O) groups is 2. The molecule has 1 aromatic carbocycles. The molecule has 1 aromatic heterocycles. The van der Waals surface area contributed by atoms with E-state index >= 15 is 0 Å². The van der Waals surface area contributed by atoms with E-state index in [0.717, 1.165) is 29.3 Å². The number of amides is 2. The van der Waals surface area contributed by atoms with E-state index in [4.69, 9.17) is 4.74 Å². The molecule has 160 valence electrons. The Balaban J connectivity index is 1.68. The third-order valence-corrected chi connectivity index (χ3v) is 5.95. The molecule has 1 atom stereocenters. The number of benzene rings is 1. The normalized spacial score (nSPS) is 18.9. The number of hydrogen-bond acceptors (Lipinski definition) is 4. The zero-order valence-electron chi connectivity index (χ0n) is 18.2. The van der Waals surface area contributed by atoms with E-state index in [1.165, 1.54) is 19.3 Å². The Morgan fingerprint density at radius 3 is 2.60 bits per heavy atom. The van der Waals surface area contributed by atoms with Crippen LogP contribution in [0.15, 0.2) is 30.6 Å². The van der Waals surface area contributed by atoms with Crippen molar-refractivity contribution in [1.29, 1.82) is 0 Å². The van der Waals surface area contributed by atoms with Crippen molar-refractivity contribution in [1.82, 2.24) is 9.78 Å². The van der Waals surface area contributed by atoms with Crippen molar-refractivity contribution in [3.8, 4) is 11.1 Å². The highest BCUT2D eigenvalue weighted by Crippen LogP contribution is 2.39. The van der Waals surface area contributed by atoms with Crippen LogP contribution in [0.1, 0.15) is 47.0 Å². The molecule has 7 nitrogen and oxygen atoms in total. The fourth-order valence-corrected chi connectivity index (χ4v) is 4.28. The van der Waals surface area contributed by atoms with Gasteiger partial charge in [-0.25, -0.2) is 4.79 Å². The SMILES string of the molecule is CC(=O)N1c2ccc(-c3cnn(CC4CCC4)c3)cc2N(C(=O)OC(C)C)C[C@@H]1C. The molecule has 1 fully saturated rings. The van der Waals surface area contributed by atoms with Crippen molar-refractivity contribution < 1.29 is 14.3 Å². The summed E-state index contributed by atoms with van der Waals surface area (Å²) in [4.78, 5) is 28.5. The second-order valence-electron chi connectivity index (χ2n) is 8.73. The molecule has 1 aliphatic heterocycles. The molecule has 7 heteroatoms. The van der Waals surface area contributed by atoms with Crippen molar-refractivity contribution in [3.63, 3.8) is 0 Å². The molecule has 0 unspecified atom stereocenters. The molecule has 0 N–H and O–H groups in total. The van der Waals surface area contributed by atoms with Crippen LogP contribution in [-0.4, -0.2) is 40.5 Å². The fourth-order valence-electron chi connectivity index (χ4n) is 4.28. The lowest BCUT2D eigenvalue weighted by Gasteiger charge is -2.40. The molecule has 0 radical (unpaired) electrons. The molecule has 0 bridgehead atoms. The van der Waals surface area contributed by atoms with E-state index in [1.54, 1.807) is 16.7 Å². The Morgan fingerprint density at radius 1 is 1.20 bits per heavy atom. The highest BCUT2D eigenvalue weighted by atomic mass is 16.6. The monoisotopic (exact) mass is 410 g/mol. The summed E-state index contributed by atoms with van der Waals surface area (Å²) in [6.45, 7) is 8.51. The predicted octanol–water partition coefficient (Wildman–Crippen LogP) is 4.46. The van der Waals surface area contributed by atoms with Crippen LogP contribution in [0.4, 0.5) is 16.2 Å². The first kappa shape index (κ1) is 20.4. The van der Waals surface area contributed by atoms with Gasteiger partial charge in [0.1, 0.15) is 0 Å². The van der Waals surface area contributed by atoms with E-state index in [2.05, 4.69) is 11.3 Å². The molecule has 2 aromatic rings. The minimum absolute atomic E-state index is 0.0401. The molecule has 0 spiro atoms. The van der Waals surface area contributed by atoms with Gasteiger partial charge in [-0.2, -0.15) is 5.10 Å². The fraction of sp³-hybridized carbons (Fsp3) is 0.522. The lowest BCUT2D eigenvalue weighted by atomic mass is 9.85. The number of fused-ring (bicyclic) bond motifs is 1. The molecule has 2 heterocycles. The van der Waals surface area contributed by atoms with Gasteiger partial charge in [-0.15, -0.1) is 0 Å². The number of hydrogen-bond donors (Lipinski definition) is 0. The molecule has 1 aliphatic carbocycles. The predicted molar refractivity (Wildman–Crippen MR) is 117 cm³/mol. The van der Waals surface area contributed by atoms with Crippen molar-refractivity contribution in [2.45, 2.75) is 65.6 Å². The summed E-state index contributed by atoms with van der Waals surface area (Å²) >= 11 is 0. The number of ether oxygens (including phenoxy) is 1. The molecule has 0 saturated heterocycles. The van der Waals surface area contributed by atoms with E-state index in [0.29, 0.717) is 12.2 Å². The standard InChI is InChI=1S/C23H30N4O3/c1-15(2)30-23(29)26-12-16(3)27(17(4)28)21-9-8-19(10-22(21)26)20-11-24-25(14-20)13-18-6-5-7-18/h8-11,14-16,18H,5-7,12-13H2,1-4H3/t16-/m0/s1. The molecule has 2 amide bonds. The van der Waals surface area contributed by atoms with Gasteiger partial charge in [0.05, 0.1) is 29.7 Å². The van der Waals surface area contributed by atoms with Gasteiger partial charge < -0.3 is 9.64 Å². The molecule has 2 aliphatic rings. The quantitative estimate of drug-likeness (QED) is 0.746. The number of nitrogens with zero attached hydrogens (tertiary/aromatic N) is 4. The molecule has 1 saturated carbocycles. The second kappa shape index (κ2) is 8.13. The smallest absolute Gasteiger partial charge is 0.414 e. The summed E-state index contributed by atoms with van der Waals surface area (Å²) in [7, 11) is 0. The van der Waals surface area contributed by atoms with Crippen LogP contribution < -0.4 is 9.80 Å². The van der Waals surface area contributed by atoms with Gasteiger partial charge in [0.25, 0.3) is 0 Å². The summed E-state index contributed by atoms with van der Waals surface area (Å²) in [5.74, 6) is 0.690. The Labute approximate surface area is 177 Å². The number of aromatic nitrogens is 2. The van der Waals surface area contributed by atoms with Crippen molar-refractivity contribution in [2.24, 2.45) is 5.92 Å². The minimum Gasteiger partial charge on any atom is -0.446 e. The first-order chi connectivity index (χ1) is 14.3. The van der Waals surface area contributed by atoms with Crippen LogP contribution in [0.25, 0.3) is 11.1 Å². The third-order valence-electron chi connectivity index (χ3n) is 5.95. The number of rotatable bonds is 4. The topological polar surface area (TPSA) is 67.7 Å². The Kier molecular flexibility index (Phi) is 5.54. The summed E-state index contributed by atoms with van der Waals surface area (Å²) in [5.41, 5.74) is 3.39. The van der Waals surface area contributed by atoms with E-state index in [1.807, 2.05) is 49.8 Å². The first-order valence-corrected chi connectivity index (χ1v) is 10.8. The average Bonchev–Trinajstić information content (AvgIpc) is 3.11. The maximum Gasteiger partial charge on any atom is 0.414 e. The number of carbonyl (C=O) groups excluding carboxylic acids is 2. The van der Waals surface area contributed by atoms with Crippen LogP contribution in [0.2, 0.25) is 0 Å². The molecular weight excluding hydrogens is 380 g/mol. The Morgan fingerprint density at radius 2 is 1.97 bits per heavy atom. The highest BCUT2D eigenvalue weighted by molar-refractivity contribution is 6.03. The van der Waals surface area contributed by atoms with Gasteiger partial charge in [-0.05, 0) is 57.2 Å². The van der Waals surface area contributed by atoms with Crippen molar-refractivity contribution >= 4 is 23.4 Å². The van der Waals surface area contributed by atoms with Gasteiger partial charge in [0.15, 0.2) is 0 Å². The van der Waals surface area contributed by atoms with Crippen LogP contribution >= 0.6 is 0 Å². The van der Waals surface area contributed by atoms with Gasteiger partial charge in [-0.3, -0.25) is 14.4 Å². The summed E-state index contributed by atoms with van der Waals surface area (Å²) in [5, 5.41) is 4.52. The maximum absolute atomic E-state index is 12.8. The summed E-state index contributed by atoms with van der Waals surface area (Å²) in [6.07, 6.45) is 7.20. The maximum atomic E-state index is 12.8. The van der Waals surface area contributed by atoms with Crippen molar-refractivity contribution in [2.75, 3.05) is 16.3 Å². The largest absolute Gasteiger partial charge is 0.446 e. The molecule has 30 heavy (non-hydrogen) atoms. The van der Waals surface area contributed by atoms with Gasteiger partial charge in [0, 0.05) is 31.8 Å². The van der Waals surface area contributed by atoms with Crippen molar-refractivity contribution in [3.05, 3.63) is 30.6 Å². The lowest BCUT2D eigenvalue weighted by molar-refractivity contribution is -0.117. The van der Waals surface area contributed by atoms with Crippen LogP contribution in [0.3, 0.4) is 0 Å². The van der Waals surface area contributed by atoms with Crippen LogP contribution in [0, 0.1) is 5.92 Å². The second-order valence-corrected chi connectivity index (χ2v) is 8.73. The average molecular weight is 411 g/mol. The minimum atomic E-state index is -0.390. The van der Waals surface area contributed by atoms with Gasteiger partial charge in [-0.1, -0.05) is 12.5 Å². The van der Waals surface area contributed by atoms with E-state index in [9.17, 15) is 9.59 Å². The summed E-state index contributed by atoms with van der Waals surface area (Å²) < 4.78 is 7.48. The molecule has 4 rings (SSSR count). The first-order valence-electron chi connectivity index (χ1n) is 10.8. The van der Waals surface area contributed by atoms with Crippen LogP contribution in [0.5, 0.6) is 0 Å². The van der Waals surface area contributed by atoms with Gasteiger partial charge >= 0.3 is 6.09 Å². The summed E-state index contributed by atoms with van der Waals surface area (Å²) in [6, 6.07) is 5.74. The Bertz CT molecular complexity index is 948. The Hall–Kier alpha value is -2.83. The zero-order valence-corrected chi connectivity index (χ0v) is 18.2. The number of anilines is 2. The van der Waals surface area contributed by atoms with E-state index < -0.39 is 0 Å². The molecular formula is C23H30N4O3. The zero-order chi connectivity index (χ0) is 21.4. The highest BCUT2D eigenvalue weighted by Gasteiger charge is 2.35. The van der Waals surface area contributed by atoms with Crippen LogP contribution in [-0.2, 0) is 16.1 Å². The lowest BCUT2D eigenvalue weighted by Crippen LogP contribution is -2.51.